The van der Waals surface area contributed by atoms with Gasteiger partial charge in [0.05, 0.1) is 18.1 Å². The lowest BCUT2D eigenvalue weighted by molar-refractivity contribution is 0.247. The summed E-state index contributed by atoms with van der Waals surface area (Å²) >= 11 is 0. The highest BCUT2D eigenvalue weighted by atomic mass is 16.3. The van der Waals surface area contributed by atoms with Crippen LogP contribution >= 0.6 is 0 Å². The van der Waals surface area contributed by atoms with Crippen LogP contribution in [0.4, 0.5) is 10.6 Å². The molecule has 6 rings (SSSR count). The standard InChI is InChI=1S/C31H32N6O2/c1-21-29(24-19-32-36(2)20-24)35-37(25-12-7-4-8-13-25)30(21)34-31(38)33-28-18-22(16-26-14-9-15-39-26)17-27(28)23-10-5-3-6-11-23/h3-15,19-20,22,27-28H,16-18H2,1-2H3,(H2,33,34,38)/t22-,27-,28+/m0/s1. The molecule has 1 fully saturated rings. The van der Waals surface area contributed by atoms with Crippen molar-refractivity contribution in [3.8, 4) is 16.9 Å². The van der Waals surface area contributed by atoms with Crippen LogP contribution in [0.2, 0.25) is 0 Å². The predicted octanol–water partition coefficient (Wildman–Crippen LogP) is 6.10. The maximum atomic E-state index is 13.6. The highest BCUT2D eigenvalue weighted by molar-refractivity contribution is 5.91. The highest BCUT2D eigenvalue weighted by Gasteiger charge is 2.36. The number of anilines is 1. The van der Waals surface area contributed by atoms with Gasteiger partial charge in [0.1, 0.15) is 17.3 Å². The highest BCUT2D eigenvalue weighted by Crippen LogP contribution is 2.40. The summed E-state index contributed by atoms with van der Waals surface area (Å²) in [7, 11) is 1.88. The molecule has 39 heavy (non-hydrogen) atoms. The quantitative estimate of drug-likeness (QED) is 0.271. The van der Waals surface area contributed by atoms with Crippen LogP contribution in [0.5, 0.6) is 0 Å². The molecule has 5 aromatic rings. The molecule has 1 saturated carbocycles. The fourth-order valence-electron chi connectivity index (χ4n) is 5.78. The molecule has 0 bridgehead atoms. The third kappa shape index (κ3) is 5.23. The van der Waals surface area contributed by atoms with E-state index in [1.807, 2.05) is 68.7 Å². The van der Waals surface area contributed by atoms with E-state index in [9.17, 15) is 4.79 Å². The average Bonchev–Trinajstić information content (AvgIpc) is 3.75. The zero-order valence-corrected chi connectivity index (χ0v) is 22.1. The number of rotatable bonds is 7. The lowest BCUT2D eigenvalue weighted by Crippen LogP contribution is -2.40. The molecule has 1 aliphatic carbocycles. The van der Waals surface area contributed by atoms with E-state index in [1.165, 1.54) is 5.56 Å². The number of aryl methyl sites for hydroxylation is 1. The molecule has 8 heteroatoms. The Kier molecular flexibility index (Phi) is 6.75. The molecule has 1 aliphatic rings. The van der Waals surface area contributed by atoms with Crippen molar-refractivity contribution in [1.29, 1.82) is 0 Å². The second-order valence-corrected chi connectivity index (χ2v) is 10.3. The van der Waals surface area contributed by atoms with Crippen molar-refractivity contribution in [2.45, 2.75) is 38.1 Å². The molecule has 0 unspecified atom stereocenters. The number of amides is 2. The Balaban J connectivity index is 1.26. The Bertz CT molecular complexity index is 1540. The van der Waals surface area contributed by atoms with Gasteiger partial charge in [0.25, 0.3) is 0 Å². The van der Waals surface area contributed by atoms with E-state index >= 15 is 0 Å². The van der Waals surface area contributed by atoms with Gasteiger partial charge in [-0.15, -0.1) is 0 Å². The van der Waals surface area contributed by atoms with Crippen LogP contribution in [0, 0.1) is 12.8 Å². The van der Waals surface area contributed by atoms with Crippen molar-refractivity contribution >= 4 is 11.8 Å². The van der Waals surface area contributed by atoms with Gasteiger partial charge < -0.3 is 9.73 Å². The van der Waals surface area contributed by atoms with Crippen molar-refractivity contribution in [2.75, 3.05) is 5.32 Å². The number of furan rings is 1. The number of para-hydroxylation sites is 1. The molecule has 0 aliphatic heterocycles. The molecule has 2 N–H and O–H groups in total. The molecule has 0 radical (unpaired) electrons. The summed E-state index contributed by atoms with van der Waals surface area (Å²) in [4.78, 5) is 13.6. The van der Waals surface area contributed by atoms with Gasteiger partial charge in [-0.1, -0.05) is 48.5 Å². The van der Waals surface area contributed by atoms with Gasteiger partial charge in [0.2, 0.25) is 0 Å². The smallest absolute Gasteiger partial charge is 0.320 e. The maximum Gasteiger partial charge on any atom is 0.320 e. The average molecular weight is 521 g/mol. The molecule has 198 valence electrons. The zero-order chi connectivity index (χ0) is 26.8. The molecule has 3 heterocycles. The van der Waals surface area contributed by atoms with Gasteiger partial charge in [-0.3, -0.25) is 10.00 Å². The van der Waals surface area contributed by atoms with Gasteiger partial charge in [0.15, 0.2) is 0 Å². The second kappa shape index (κ2) is 10.6. The van der Waals surface area contributed by atoms with Crippen LogP contribution in [0.3, 0.4) is 0 Å². The van der Waals surface area contributed by atoms with Gasteiger partial charge in [-0.25, -0.2) is 9.48 Å². The fraction of sp³-hybridized carbons (Fsp3) is 0.258. The first-order valence-corrected chi connectivity index (χ1v) is 13.3. The van der Waals surface area contributed by atoms with Crippen LogP contribution in [-0.2, 0) is 13.5 Å². The summed E-state index contributed by atoms with van der Waals surface area (Å²) in [5.41, 5.74) is 4.67. The Morgan fingerprint density at radius 2 is 1.79 bits per heavy atom. The molecule has 0 saturated heterocycles. The predicted molar refractivity (Wildman–Crippen MR) is 151 cm³/mol. The number of hydrogen-bond donors (Lipinski definition) is 2. The molecular formula is C31H32N6O2. The van der Waals surface area contributed by atoms with Crippen LogP contribution in [-0.4, -0.2) is 31.6 Å². The van der Waals surface area contributed by atoms with Gasteiger partial charge in [-0.05, 0) is 55.5 Å². The minimum atomic E-state index is -0.238. The lowest BCUT2D eigenvalue weighted by Gasteiger charge is -2.22. The minimum absolute atomic E-state index is 0.00133. The van der Waals surface area contributed by atoms with Gasteiger partial charge >= 0.3 is 6.03 Å². The Labute approximate surface area is 227 Å². The minimum Gasteiger partial charge on any atom is -0.469 e. The SMILES string of the molecule is Cc1c(-c2cnn(C)c2)nn(-c2ccccc2)c1NC(=O)N[C@@H]1C[C@@H](Cc2ccco2)C[C@H]1c1ccccc1. The number of aromatic nitrogens is 4. The third-order valence-corrected chi connectivity index (χ3v) is 7.61. The van der Waals surface area contributed by atoms with Crippen molar-refractivity contribution in [3.63, 3.8) is 0 Å². The van der Waals surface area contributed by atoms with Crippen LogP contribution in [0.1, 0.15) is 35.6 Å². The van der Waals surface area contributed by atoms with E-state index in [0.717, 1.165) is 47.5 Å². The first kappa shape index (κ1) is 24.7. The van der Waals surface area contributed by atoms with Crippen LogP contribution in [0.15, 0.2) is 95.9 Å². The summed E-state index contributed by atoms with van der Waals surface area (Å²) in [6.45, 7) is 1.98. The first-order valence-electron chi connectivity index (χ1n) is 13.3. The molecule has 2 amide bonds. The van der Waals surface area contributed by atoms with E-state index < -0.39 is 0 Å². The number of carbonyl (C=O) groups excluding carboxylic acids is 1. The summed E-state index contributed by atoms with van der Waals surface area (Å²) in [6.07, 6.45) is 8.17. The molecule has 2 aromatic carbocycles. The van der Waals surface area contributed by atoms with Crippen molar-refractivity contribution in [1.82, 2.24) is 24.9 Å². The lowest BCUT2D eigenvalue weighted by atomic mass is 9.93. The summed E-state index contributed by atoms with van der Waals surface area (Å²) in [5.74, 6) is 2.27. The van der Waals surface area contributed by atoms with E-state index in [-0.39, 0.29) is 18.0 Å². The Morgan fingerprint density at radius 1 is 1.03 bits per heavy atom. The largest absolute Gasteiger partial charge is 0.469 e. The summed E-state index contributed by atoms with van der Waals surface area (Å²) < 4.78 is 9.17. The van der Waals surface area contributed by atoms with Gasteiger partial charge in [0, 0.05) is 42.8 Å². The molecular weight excluding hydrogens is 488 g/mol. The topological polar surface area (TPSA) is 89.9 Å². The molecule has 0 spiro atoms. The maximum absolute atomic E-state index is 13.6. The van der Waals surface area contributed by atoms with Crippen molar-refractivity contribution in [2.24, 2.45) is 13.0 Å². The second-order valence-electron chi connectivity index (χ2n) is 10.3. The number of benzene rings is 2. The number of hydrogen-bond acceptors (Lipinski definition) is 4. The summed E-state index contributed by atoms with van der Waals surface area (Å²) in [6, 6.07) is 24.0. The number of carbonyl (C=O) groups is 1. The Hall–Kier alpha value is -4.59. The van der Waals surface area contributed by atoms with Crippen LogP contribution in [0.25, 0.3) is 16.9 Å². The number of nitrogens with one attached hydrogen (secondary N) is 2. The number of urea groups is 1. The normalized spacial score (nSPS) is 18.8. The first-order chi connectivity index (χ1) is 19.0. The van der Waals surface area contributed by atoms with E-state index in [1.54, 1.807) is 21.8 Å². The van der Waals surface area contributed by atoms with E-state index in [4.69, 9.17) is 9.52 Å². The monoisotopic (exact) mass is 520 g/mol. The molecule has 3 atom stereocenters. The fourth-order valence-corrected chi connectivity index (χ4v) is 5.78. The third-order valence-electron chi connectivity index (χ3n) is 7.61. The Morgan fingerprint density at radius 3 is 2.49 bits per heavy atom. The van der Waals surface area contributed by atoms with Crippen molar-refractivity contribution in [3.05, 3.63) is 108 Å². The summed E-state index contributed by atoms with van der Waals surface area (Å²) in [5, 5.41) is 15.6. The molecule has 3 aromatic heterocycles. The zero-order valence-electron chi connectivity index (χ0n) is 22.1. The molecule has 8 nitrogen and oxygen atoms in total. The van der Waals surface area contributed by atoms with Crippen molar-refractivity contribution < 1.29 is 9.21 Å². The van der Waals surface area contributed by atoms with Gasteiger partial charge in [-0.2, -0.15) is 10.2 Å². The van der Waals surface area contributed by atoms with E-state index in [2.05, 4.69) is 40.0 Å². The van der Waals surface area contributed by atoms with Crippen LogP contribution < -0.4 is 10.6 Å². The van der Waals surface area contributed by atoms with E-state index in [0.29, 0.717) is 11.7 Å². The number of nitrogens with zero attached hydrogens (tertiary/aromatic N) is 4.